The molecule has 0 bridgehead atoms. The van der Waals surface area contributed by atoms with E-state index in [1.54, 1.807) is 38.2 Å². The van der Waals surface area contributed by atoms with Crippen molar-refractivity contribution < 1.29 is 13.6 Å². The molecule has 0 aliphatic carbocycles. The molecule has 0 fully saturated rings. The van der Waals surface area contributed by atoms with Crippen LogP contribution in [0.1, 0.15) is 16.1 Å². The fraction of sp³-hybridized carbons (Fsp3) is 0.111. The Morgan fingerprint density at radius 1 is 1.17 bits per heavy atom. The lowest BCUT2D eigenvalue weighted by Gasteiger charge is -2.13. The van der Waals surface area contributed by atoms with Gasteiger partial charge in [0.25, 0.3) is 5.91 Å². The first-order valence-electron chi connectivity index (χ1n) is 7.28. The third-order valence-corrected chi connectivity index (χ3v) is 3.85. The highest BCUT2D eigenvalue weighted by Crippen LogP contribution is 2.37. The van der Waals surface area contributed by atoms with Crippen LogP contribution in [-0.2, 0) is 7.05 Å². The number of aryl methyl sites for hydroxylation is 2. The average molecular weight is 327 g/mol. The van der Waals surface area contributed by atoms with Gasteiger partial charge in [-0.15, -0.1) is 0 Å². The van der Waals surface area contributed by atoms with Crippen molar-refractivity contribution in [1.82, 2.24) is 9.78 Å². The lowest BCUT2D eigenvalue weighted by Crippen LogP contribution is -2.14. The summed E-state index contributed by atoms with van der Waals surface area (Å²) >= 11 is 0. The maximum atomic E-state index is 14.7. The van der Waals surface area contributed by atoms with E-state index < -0.39 is 17.5 Å². The molecular formula is C18H15F2N3O. The Balaban J connectivity index is 2.40. The van der Waals surface area contributed by atoms with Gasteiger partial charge >= 0.3 is 0 Å². The number of aromatic nitrogens is 2. The minimum atomic E-state index is -0.778. The Morgan fingerprint density at radius 3 is 2.46 bits per heavy atom. The lowest BCUT2D eigenvalue weighted by molar-refractivity contribution is 0.100. The van der Waals surface area contributed by atoms with Crippen LogP contribution in [0.2, 0.25) is 0 Å². The number of carbonyl (C=O) groups excluding carboxylic acids is 1. The fourth-order valence-corrected chi connectivity index (χ4v) is 2.90. The van der Waals surface area contributed by atoms with Crippen molar-refractivity contribution in [1.29, 1.82) is 0 Å². The van der Waals surface area contributed by atoms with Crippen LogP contribution >= 0.6 is 0 Å². The molecule has 2 N–H and O–H groups in total. The number of carbonyl (C=O) groups is 1. The largest absolute Gasteiger partial charge is 0.365 e. The van der Waals surface area contributed by atoms with Gasteiger partial charge in [0.05, 0.1) is 17.0 Å². The molecule has 24 heavy (non-hydrogen) atoms. The van der Waals surface area contributed by atoms with Gasteiger partial charge in [0.1, 0.15) is 11.6 Å². The normalized spacial score (nSPS) is 10.8. The number of benzene rings is 2. The minimum absolute atomic E-state index is 0.0968. The van der Waals surface area contributed by atoms with Crippen molar-refractivity contribution in [2.45, 2.75) is 6.92 Å². The number of halogens is 2. The Labute approximate surface area is 137 Å². The molecule has 122 valence electrons. The second-order valence-electron chi connectivity index (χ2n) is 5.47. The molecule has 0 unspecified atom stereocenters. The zero-order valence-corrected chi connectivity index (χ0v) is 13.2. The smallest absolute Gasteiger partial charge is 0.252 e. The van der Waals surface area contributed by atoms with Crippen LogP contribution < -0.4 is 5.73 Å². The Hall–Kier alpha value is -3.02. The molecule has 0 spiro atoms. The van der Waals surface area contributed by atoms with Crippen molar-refractivity contribution in [2.75, 3.05) is 0 Å². The SMILES string of the molecule is Cc1nn(C)c(-c2c(F)cc(F)cc2-c2ccccc2)c1C(N)=O. The molecule has 1 aromatic heterocycles. The van der Waals surface area contributed by atoms with Crippen LogP contribution in [0.25, 0.3) is 22.4 Å². The zero-order valence-electron chi connectivity index (χ0n) is 13.2. The van der Waals surface area contributed by atoms with Crippen molar-refractivity contribution in [2.24, 2.45) is 12.8 Å². The van der Waals surface area contributed by atoms with Crippen molar-refractivity contribution in [3.8, 4) is 22.4 Å². The molecule has 0 saturated heterocycles. The number of nitrogens with two attached hydrogens (primary N) is 1. The first-order chi connectivity index (χ1) is 11.4. The minimum Gasteiger partial charge on any atom is -0.365 e. The fourth-order valence-electron chi connectivity index (χ4n) is 2.90. The van der Waals surface area contributed by atoms with Crippen LogP contribution in [0.3, 0.4) is 0 Å². The number of nitrogens with zero attached hydrogens (tertiary/aromatic N) is 2. The maximum absolute atomic E-state index is 14.7. The summed E-state index contributed by atoms with van der Waals surface area (Å²) in [6.45, 7) is 1.62. The third kappa shape index (κ3) is 2.56. The number of primary amides is 1. The molecule has 1 amide bonds. The molecule has 6 heteroatoms. The maximum Gasteiger partial charge on any atom is 0.252 e. The molecule has 0 radical (unpaired) electrons. The molecule has 0 aliphatic heterocycles. The molecule has 3 aromatic rings. The van der Waals surface area contributed by atoms with Crippen LogP contribution in [0.15, 0.2) is 42.5 Å². The molecular weight excluding hydrogens is 312 g/mol. The van der Waals surface area contributed by atoms with E-state index in [1.165, 1.54) is 10.7 Å². The van der Waals surface area contributed by atoms with E-state index in [0.29, 0.717) is 16.8 Å². The van der Waals surface area contributed by atoms with Gasteiger partial charge in [-0.05, 0) is 24.1 Å². The molecule has 0 saturated carbocycles. The summed E-state index contributed by atoms with van der Waals surface area (Å²) in [5, 5.41) is 4.16. The molecule has 3 rings (SSSR count). The van der Waals surface area contributed by atoms with E-state index in [9.17, 15) is 13.6 Å². The van der Waals surface area contributed by atoms with Crippen LogP contribution in [0, 0.1) is 18.6 Å². The van der Waals surface area contributed by atoms with Crippen LogP contribution in [0.5, 0.6) is 0 Å². The van der Waals surface area contributed by atoms with Crippen molar-refractivity contribution in [3.63, 3.8) is 0 Å². The monoisotopic (exact) mass is 327 g/mol. The van der Waals surface area contributed by atoms with Gasteiger partial charge in [-0.25, -0.2) is 8.78 Å². The summed E-state index contributed by atoms with van der Waals surface area (Å²) < 4.78 is 29.9. The van der Waals surface area contributed by atoms with E-state index in [-0.39, 0.29) is 16.8 Å². The second kappa shape index (κ2) is 5.88. The van der Waals surface area contributed by atoms with Gasteiger partial charge in [-0.3, -0.25) is 9.48 Å². The summed E-state index contributed by atoms with van der Waals surface area (Å²) in [4.78, 5) is 11.8. The topological polar surface area (TPSA) is 60.9 Å². The average Bonchev–Trinajstić information content (AvgIpc) is 2.81. The summed E-state index contributed by atoms with van der Waals surface area (Å²) in [6, 6.07) is 10.9. The summed E-state index contributed by atoms with van der Waals surface area (Å²) in [5.74, 6) is -2.19. The molecule has 0 atom stereocenters. The van der Waals surface area contributed by atoms with Gasteiger partial charge < -0.3 is 5.73 Å². The van der Waals surface area contributed by atoms with Crippen LogP contribution in [-0.4, -0.2) is 15.7 Å². The van der Waals surface area contributed by atoms with Crippen molar-refractivity contribution >= 4 is 5.91 Å². The quantitative estimate of drug-likeness (QED) is 0.801. The molecule has 0 aliphatic rings. The van der Waals surface area contributed by atoms with Gasteiger partial charge in [-0.2, -0.15) is 5.10 Å². The van der Waals surface area contributed by atoms with Gasteiger partial charge in [0, 0.05) is 18.7 Å². The van der Waals surface area contributed by atoms with E-state index in [2.05, 4.69) is 5.10 Å². The first-order valence-corrected chi connectivity index (χ1v) is 7.28. The number of hydrogen-bond acceptors (Lipinski definition) is 2. The summed E-state index contributed by atoms with van der Waals surface area (Å²) in [5.41, 5.74) is 7.25. The van der Waals surface area contributed by atoms with E-state index in [1.807, 2.05) is 6.07 Å². The van der Waals surface area contributed by atoms with E-state index in [0.717, 1.165) is 6.07 Å². The van der Waals surface area contributed by atoms with Gasteiger partial charge in [-0.1, -0.05) is 30.3 Å². The summed E-state index contributed by atoms with van der Waals surface area (Å²) in [6.07, 6.45) is 0. The lowest BCUT2D eigenvalue weighted by atomic mass is 9.94. The van der Waals surface area contributed by atoms with E-state index in [4.69, 9.17) is 5.73 Å². The Kier molecular flexibility index (Phi) is 3.89. The predicted molar refractivity (Wildman–Crippen MR) is 87.3 cm³/mol. The summed E-state index contributed by atoms with van der Waals surface area (Å²) in [7, 11) is 1.59. The highest BCUT2D eigenvalue weighted by atomic mass is 19.1. The predicted octanol–water partition coefficient (Wildman–Crippen LogP) is 3.44. The molecule has 2 aromatic carbocycles. The van der Waals surface area contributed by atoms with Gasteiger partial charge in [0.15, 0.2) is 0 Å². The number of rotatable bonds is 3. The highest BCUT2D eigenvalue weighted by molar-refractivity contribution is 6.02. The highest BCUT2D eigenvalue weighted by Gasteiger charge is 2.25. The third-order valence-electron chi connectivity index (χ3n) is 3.85. The molecule has 4 nitrogen and oxygen atoms in total. The Morgan fingerprint density at radius 2 is 1.83 bits per heavy atom. The van der Waals surface area contributed by atoms with E-state index >= 15 is 0 Å². The Bertz CT molecular complexity index is 933. The number of hydrogen-bond donors (Lipinski definition) is 1. The molecule has 1 heterocycles. The van der Waals surface area contributed by atoms with Crippen molar-refractivity contribution in [3.05, 3.63) is 65.4 Å². The first kappa shape index (κ1) is 15.9. The van der Waals surface area contributed by atoms with Gasteiger partial charge in [0.2, 0.25) is 0 Å². The second-order valence-corrected chi connectivity index (χ2v) is 5.47. The zero-order chi connectivity index (χ0) is 17.4. The standard InChI is InChI=1S/C18H15F2N3O/c1-10-15(18(21)24)17(23(2)22-10)16-13(8-12(19)9-14(16)20)11-6-4-3-5-7-11/h3-9H,1-2H3,(H2,21,24). The van der Waals surface area contributed by atoms with Crippen LogP contribution in [0.4, 0.5) is 8.78 Å². The number of amides is 1.